The van der Waals surface area contributed by atoms with Crippen LogP contribution < -0.4 is 4.90 Å². The van der Waals surface area contributed by atoms with Crippen molar-refractivity contribution < 1.29 is 18.3 Å². The molecule has 4 heterocycles. The molecule has 0 spiro atoms. The molecule has 2 N–H and O–H groups in total. The number of nitrogens with zero attached hydrogens (tertiary/aromatic N) is 6. The Balaban J connectivity index is 1.40. The minimum absolute atomic E-state index is 0.184. The van der Waals surface area contributed by atoms with Crippen molar-refractivity contribution in [3.8, 4) is 22.6 Å². The van der Waals surface area contributed by atoms with E-state index in [9.17, 15) is 13.9 Å². The maximum Gasteiger partial charge on any atom is 0.324 e. The van der Waals surface area contributed by atoms with Crippen LogP contribution in [-0.4, -0.2) is 64.8 Å². The molecule has 10 nitrogen and oxygen atoms in total. The molecule has 0 unspecified atom stereocenters. The van der Waals surface area contributed by atoms with Crippen LogP contribution in [0, 0.1) is 6.92 Å². The van der Waals surface area contributed by atoms with Crippen LogP contribution in [0.5, 0.6) is 0 Å². The number of carbonyl (C=O) groups is 1. The lowest BCUT2D eigenvalue weighted by Gasteiger charge is -2.42. The second-order valence-corrected chi connectivity index (χ2v) is 10.9. The third-order valence-corrected chi connectivity index (χ3v) is 7.64. The molecule has 5 rings (SSSR count). The van der Waals surface area contributed by atoms with Crippen LogP contribution in [0.1, 0.15) is 11.6 Å². The molecule has 36 heavy (non-hydrogen) atoms. The van der Waals surface area contributed by atoms with Gasteiger partial charge in [-0.2, -0.15) is 10.6 Å². The van der Waals surface area contributed by atoms with Gasteiger partial charge in [-0.1, -0.05) is 18.2 Å². The van der Waals surface area contributed by atoms with Crippen molar-refractivity contribution in [2.24, 2.45) is 0 Å². The maximum atomic E-state index is 13.6. The Morgan fingerprint density at radius 2 is 1.75 bits per heavy atom. The van der Waals surface area contributed by atoms with Crippen LogP contribution in [0.25, 0.3) is 22.6 Å². The maximum absolute atomic E-state index is 13.6. The summed E-state index contributed by atoms with van der Waals surface area (Å²) in [5, 5.41) is 7.86. The third kappa shape index (κ3) is 5.38. The summed E-state index contributed by atoms with van der Waals surface area (Å²) in [5.41, 5.74) is 4.06. The summed E-state index contributed by atoms with van der Waals surface area (Å²) in [6.45, 7) is 2.53. The van der Waals surface area contributed by atoms with Crippen molar-refractivity contribution in [2.75, 3.05) is 29.5 Å². The van der Waals surface area contributed by atoms with Gasteiger partial charge in [0.2, 0.25) is 11.8 Å². The van der Waals surface area contributed by atoms with E-state index in [1.165, 1.54) is 0 Å². The Morgan fingerprint density at radius 1 is 1.00 bits per heavy atom. The molecule has 1 fully saturated rings. The molecule has 3 aromatic heterocycles. The highest BCUT2D eigenvalue weighted by Gasteiger charge is 2.29. The highest BCUT2D eigenvalue weighted by molar-refractivity contribution is 8.24. The van der Waals surface area contributed by atoms with Crippen molar-refractivity contribution in [1.29, 1.82) is 0 Å². The second kappa shape index (κ2) is 10.1. The molecule has 186 valence electrons. The first-order valence-electron chi connectivity index (χ1n) is 11.4. The molecule has 0 radical (unpaired) electrons. The summed E-state index contributed by atoms with van der Waals surface area (Å²) in [4.78, 5) is 25.6. The predicted octanol–water partition coefficient (Wildman–Crippen LogP) is 4.69. The van der Waals surface area contributed by atoms with Gasteiger partial charge in [0.25, 0.3) is 0 Å². The number of hydrogen-bond donors (Lipinski definition) is 2. The summed E-state index contributed by atoms with van der Waals surface area (Å²) in [6, 6.07) is 15.0. The Bertz CT molecular complexity index is 1320. The fraction of sp³-hybridized carbons (Fsp3) is 0.240. The summed E-state index contributed by atoms with van der Waals surface area (Å²) >= 11 is 0. The molecule has 11 heteroatoms. The monoisotopic (exact) mass is 506 g/mol. The standard InChI is InChI=1S/C25H26N6O4S/c1-18-28-29-24(35-18)21-4-7-22(27-16-21)17-31(25(32)30-11-13-36(33,34)14-12-30)23-8-5-19(6-9-23)20-3-2-10-26-15-20/h2-10,15-16,33-34H,11-14,17H2,1H3. The number of urea groups is 1. The van der Waals surface area contributed by atoms with Gasteiger partial charge < -0.3 is 9.32 Å². The number of anilines is 1. The van der Waals surface area contributed by atoms with Gasteiger partial charge in [0.15, 0.2) is 0 Å². The number of benzene rings is 1. The third-order valence-electron chi connectivity index (χ3n) is 5.97. The van der Waals surface area contributed by atoms with Gasteiger partial charge in [0, 0.05) is 44.3 Å². The molecule has 1 saturated heterocycles. The molecular weight excluding hydrogens is 480 g/mol. The van der Waals surface area contributed by atoms with Gasteiger partial charge in [-0.25, -0.2) is 4.79 Å². The van der Waals surface area contributed by atoms with Crippen LogP contribution in [-0.2, 0) is 6.54 Å². The molecule has 4 aromatic rings. The first-order valence-corrected chi connectivity index (χ1v) is 13.3. The summed E-state index contributed by atoms with van der Waals surface area (Å²) in [7, 11) is -2.61. The lowest BCUT2D eigenvalue weighted by molar-refractivity contribution is 0.207. The molecule has 0 atom stereocenters. The van der Waals surface area contributed by atoms with E-state index in [-0.39, 0.29) is 37.2 Å². The van der Waals surface area contributed by atoms with Crippen LogP contribution in [0.15, 0.2) is 71.5 Å². The van der Waals surface area contributed by atoms with E-state index < -0.39 is 10.6 Å². The molecule has 1 aliphatic rings. The van der Waals surface area contributed by atoms with E-state index in [0.29, 0.717) is 28.7 Å². The first-order chi connectivity index (χ1) is 17.4. The fourth-order valence-corrected chi connectivity index (χ4v) is 5.17. The largest absolute Gasteiger partial charge is 0.421 e. The average Bonchev–Trinajstić information content (AvgIpc) is 3.34. The highest BCUT2D eigenvalue weighted by atomic mass is 32.3. The topological polar surface area (TPSA) is 129 Å². The van der Waals surface area contributed by atoms with Crippen molar-refractivity contribution in [3.05, 3.63) is 78.7 Å². The van der Waals surface area contributed by atoms with E-state index in [2.05, 4.69) is 20.2 Å². The SMILES string of the molecule is Cc1nnc(-c2ccc(CN(C(=O)N3CCS(O)(O)CC3)c3ccc(-c4cccnc4)cc3)nc2)o1. The Labute approximate surface area is 210 Å². The number of carbonyl (C=O) groups excluding carboxylic acids is 1. The number of aryl methyl sites for hydroxylation is 1. The quantitative estimate of drug-likeness (QED) is 0.399. The van der Waals surface area contributed by atoms with Gasteiger partial charge >= 0.3 is 6.03 Å². The summed E-state index contributed by atoms with van der Waals surface area (Å²) in [6.07, 6.45) is 5.16. The zero-order valence-corrected chi connectivity index (χ0v) is 20.5. The van der Waals surface area contributed by atoms with Crippen molar-refractivity contribution in [2.45, 2.75) is 13.5 Å². The van der Waals surface area contributed by atoms with Crippen LogP contribution >= 0.6 is 10.6 Å². The van der Waals surface area contributed by atoms with Crippen LogP contribution in [0.2, 0.25) is 0 Å². The Morgan fingerprint density at radius 3 is 2.36 bits per heavy atom. The second-order valence-electron chi connectivity index (χ2n) is 8.52. The van der Waals surface area contributed by atoms with Crippen LogP contribution in [0.3, 0.4) is 0 Å². The van der Waals surface area contributed by atoms with Gasteiger partial charge in [-0.05, 0) is 41.5 Å². The van der Waals surface area contributed by atoms with Crippen molar-refractivity contribution in [3.63, 3.8) is 0 Å². The van der Waals surface area contributed by atoms with E-state index in [1.54, 1.807) is 35.3 Å². The zero-order chi connectivity index (χ0) is 25.1. The van der Waals surface area contributed by atoms with E-state index >= 15 is 0 Å². The van der Waals surface area contributed by atoms with Crippen molar-refractivity contribution >= 4 is 22.3 Å². The average molecular weight is 507 g/mol. The number of hydrogen-bond acceptors (Lipinski definition) is 8. The zero-order valence-electron chi connectivity index (χ0n) is 19.7. The van der Waals surface area contributed by atoms with E-state index in [0.717, 1.165) is 11.1 Å². The number of pyridine rings is 2. The minimum atomic E-state index is -2.61. The minimum Gasteiger partial charge on any atom is -0.421 e. The fourth-order valence-electron chi connectivity index (χ4n) is 3.95. The highest BCUT2D eigenvalue weighted by Crippen LogP contribution is 2.40. The van der Waals surface area contributed by atoms with Gasteiger partial charge in [-0.3, -0.25) is 24.0 Å². The molecular formula is C25H26N6O4S. The van der Waals surface area contributed by atoms with E-state index in [1.807, 2.05) is 48.5 Å². The predicted molar refractivity (Wildman–Crippen MR) is 138 cm³/mol. The summed E-state index contributed by atoms with van der Waals surface area (Å²) < 4.78 is 25.4. The first kappa shape index (κ1) is 23.9. The molecule has 0 bridgehead atoms. The molecule has 1 aliphatic heterocycles. The molecule has 2 amide bonds. The molecule has 0 aliphatic carbocycles. The molecule has 1 aromatic carbocycles. The number of aromatic nitrogens is 4. The Hall–Kier alpha value is -3.80. The Kier molecular flexibility index (Phi) is 6.68. The van der Waals surface area contributed by atoms with Gasteiger partial charge in [0.1, 0.15) is 0 Å². The lowest BCUT2D eigenvalue weighted by atomic mass is 10.1. The lowest BCUT2D eigenvalue weighted by Crippen LogP contribution is -2.48. The normalized spacial score (nSPS) is 15.9. The number of rotatable bonds is 5. The van der Waals surface area contributed by atoms with E-state index in [4.69, 9.17) is 4.42 Å². The van der Waals surface area contributed by atoms with Crippen LogP contribution in [0.4, 0.5) is 10.5 Å². The van der Waals surface area contributed by atoms with Crippen molar-refractivity contribution in [1.82, 2.24) is 25.1 Å². The molecule has 0 saturated carbocycles. The smallest absolute Gasteiger partial charge is 0.324 e. The van der Waals surface area contributed by atoms with Gasteiger partial charge in [0.05, 0.1) is 29.3 Å². The van der Waals surface area contributed by atoms with Gasteiger partial charge in [-0.15, -0.1) is 10.2 Å². The summed E-state index contributed by atoms with van der Waals surface area (Å²) in [5.74, 6) is 1.23. The number of amides is 2.